The summed E-state index contributed by atoms with van der Waals surface area (Å²) in [7, 11) is 0. The van der Waals surface area contributed by atoms with Crippen LogP contribution in [0.15, 0.2) is 0 Å². The van der Waals surface area contributed by atoms with Crippen molar-refractivity contribution in [3.8, 4) is 0 Å². The van der Waals surface area contributed by atoms with E-state index in [1.165, 1.54) is 6.92 Å². The van der Waals surface area contributed by atoms with Crippen molar-refractivity contribution in [2.45, 2.75) is 68.0 Å². The van der Waals surface area contributed by atoms with Gasteiger partial charge in [-0.05, 0) is 32.6 Å². The number of amides is 1. The zero-order valence-corrected chi connectivity index (χ0v) is 10.5. The number of nitrogens with zero attached hydrogens (tertiary/aromatic N) is 1. The average molecular weight is 279 g/mol. The molecular formula is C12H16F3NO3. The van der Waals surface area contributed by atoms with E-state index in [1.54, 1.807) is 0 Å². The summed E-state index contributed by atoms with van der Waals surface area (Å²) in [6.07, 6.45) is -4.29. The third-order valence-electron chi connectivity index (χ3n) is 4.72. The third-order valence-corrected chi connectivity index (χ3v) is 4.72. The van der Waals surface area contributed by atoms with Crippen LogP contribution in [0.25, 0.3) is 0 Å². The van der Waals surface area contributed by atoms with Crippen molar-refractivity contribution in [1.29, 1.82) is 0 Å². The first-order chi connectivity index (χ1) is 8.47. The molecule has 2 N–H and O–H groups in total. The molecule has 4 fully saturated rings. The van der Waals surface area contributed by atoms with Crippen LogP contribution in [0.4, 0.5) is 13.2 Å². The molecule has 0 aromatic rings. The van der Waals surface area contributed by atoms with E-state index in [4.69, 9.17) is 0 Å². The number of carbonyl (C=O) groups is 1. The van der Waals surface area contributed by atoms with E-state index < -0.39 is 34.9 Å². The highest BCUT2D eigenvalue weighted by molar-refractivity contribution is 5.83. The van der Waals surface area contributed by atoms with Crippen LogP contribution in [0.3, 0.4) is 0 Å². The van der Waals surface area contributed by atoms with Gasteiger partial charge in [0.2, 0.25) is 0 Å². The molecular weight excluding hydrogens is 263 g/mol. The fourth-order valence-corrected chi connectivity index (χ4v) is 4.80. The van der Waals surface area contributed by atoms with Crippen molar-refractivity contribution in [2.75, 3.05) is 0 Å². The number of piperidine rings is 2. The molecule has 19 heavy (non-hydrogen) atoms. The fourth-order valence-electron chi connectivity index (χ4n) is 4.80. The van der Waals surface area contributed by atoms with Crippen molar-refractivity contribution in [3.63, 3.8) is 0 Å². The van der Waals surface area contributed by atoms with Crippen LogP contribution in [0.2, 0.25) is 0 Å². The van der Waals surface area contributed by atoms with Crippen LogP contribution in [-0.4, -0.2) is 50.0 Å². The zero-order chi connectivity index (χ0) is 14.3. The largest absolute Gasteiger partial charge is 0.471 e. The van der Waals surface area contributed by atoms with Gasteiger partial charge in [0.05, 0.1) is 11.2 Å². The summed E-state index contributed by atoms with van der Waals surface area (Å²) in [5.74, 6) is -1.86. The quantitative estimate of drug-likeness (QED) is 0.694. The van der Waals surface area contributed by atoms with Gasteiger partial charge in [0.15, 0.2) is 0 Å². The predicted octanol–water partition coefficient (Wildman–Crippen LogP) is 0.958. The van der Waals surface area contributed by atoms with E-state index >= 15 is 0 Å². The van der Waals surface area contributed by atoms with E-state index in [2.05, 4.69) is 0 Å². The lowest BCUT2D eigenvalue weighted by molar-refractivity contribution is -0.259. The maximum absolute atomic E-state index is 12.7. The molecule has 2 saturated heterocycles. The number of alkyl halides is 3. The summed E-state index contributed by atoms with van der Waals surface area (Å²) in [5, 5.41) is 20.7. The lowest BCUT2D eigenvalue weighted by atomic mass is 9.54. The number of aliphatic hydroxyl groups is 2. The van der Waals surface area contributed by atoms with Crippen molar-refractivity contribution in [3.05, 3.63) is 0 Å². The fraction of sp³-hybridized carbons (Fsp3) is 0.917. The number of carbonyl (C=O) groups excluding carboxylic acids is 1. The molecule has 108 valence electrons. The molecule has 4 aliphatic rings. The smallest absolute Gasteiger partial charge is 0.390 e. The average Bonchev–Trinajstić information content (AvgIpc) is 2.07. The van der Waals surface area contributed by atoms with Gasteiger partial charge < -0.3 is 15.1 Å². The molecule has 2 saturated carbocycles. The van der Waals surface area contributed by atoms with Crippen molar-refractivity contribution < 1.29 is 28.2 Å². The number of halogens is 3. The Hall–Kier alpha value is -0.820. The Bertz CT molecular complexity index is 432. The van der Waals surface area contributed by atoms with Gasteiger partial charge in [-0.1, -0.05) is 0 Å². The summed E-state index contributed by atoms with van der Waals surface area (Å²) in [6.45, 7) is 1.52. The predicted molar refractivity (Wildman–Crippen MR) is 58.1 cm³/mol. The Morgan fingerprint density at radius 3 is 2.00 bits per heavy atom. The monoisotopic (exact) mass is 279 g/mol. The minimum atomic E-state index is -4.91. The van der Waals surface area contributed by atoms with Crippen molar-refractivity contribution in [1.82, 2.24) is 4.90 Å². The van der Waals surface area contributed by atoms with Gasteiger partial charge >= 0.3 is 12.1 Å². The Kier molecular flexibility index (Phi) is 2.26. The molecule has 7 heteroatoms. The van der Waals surface area contributed by atoms with Crippen LogP contribution < -0.4 is 0 Å². The first-order valence-corrected chi connectivity index (χ1v) is 6.32. The van der Waals surface area contributed by atoms with E-state index in [1.807, 2.05) is 0 Å². The molecule has 2 heterocycles. The van der Waals surface area contributed by atoms with Crippen LogP contribution >= 0.6 is 0 Å². The lowest BCUT2D eigenvalue weighted by Crippen LogP contribution is -2.76. The highest BCUT2D eigenvalue weighted by Gasteiger charge is 2.67. The Balaban J connectivity index is 2.00. The maximum Gasteiger partial charge on any atom is 0.471 e. The number of rotatable bonds is 0. The summed E-state index contributed by atoms with van der Waals surface area (Å²) in [6, 6.07) is -0.731. The molecule has 4 bridgehead atoms. The number of hydrogen-bond donors (Lipinski definition) is 2. The minimum Gasteiger partial charge on any atom is -0.390 e. The molecule has 2 aliphatic carbocycles. The summed E-state index contributed by atoms with van der Waals surface area (Å²) < 4.78 is 38.1. The highest BCUT2D eigenvalue weighted by Crippen LogP contribution is 2.58. The standard InChI is InChI=1S/C12H16F3NO3/c1-9-4-10(18)2-7(3-11(19,5-9)6-10)16(9)8(17)12(13,14)15/h7,18-19H,2-6H2,1H3. The molecule has 0 radical (unpaired) electrons. The van der Waals surface area contributed by atoms with E-state index in [-0.39, 0.29) is 32.1 Å². The van der Waals surface area contributed by atoms with Crippen LogP contribution in [-0.2, 0) is 4.79 Å². The van der Waals surface area contributed by atoms with Gasteiger partial charge in [-0.3, -0.25) is 4.79 Å². The van der Waals surface area contributed by atoms with Crippen molar-refractivity contribution >= 4 is 5.91 Å². The summed E-state index contributed by atoms with van der Waals surface area (Å²) in [4.78, 5) is 12.5. The zero-order valence-electron chi connectivity index (χ0n) is 10.5. The highest BCUT2D eigenvalue weighted by atomic mass is 19.4. The molecule has 2 atom stereocenters. The molecule has 4 nitrogen and oxygen atoms in total. The first-order valence-electron chi connectivity index (χ1n) is 6.32. The van der Waals surface area contributed by atoms with Gasteiger partial charge in [0, 0.05) is 18.0 Å². The maximum atomic E-state index is 12.7. The molecule has 0 aromatic carbocycles. The van der Waals surface area contributed by atoms with Crippen LogP contribution in [0.5, 0.6) is 0 Å². The summed E-state index contributed by atoms with van der Waals surface area (Å²) in [5.41, 5.74) is -3.41. The SMILES string of the molecule is CC12CC3(O)CC(CC(O)(C3)C1)N2C(=O)C(F)(F)F. The van der Waals surface area contributed by atoms with Gasteiger partial charge in [-0.2, -0.15) is 13.2 Å². The van der Waals surface area contributed by atoms with E-state index in [9.17, 15) is 28.2 Å². The molecule has 0 aromatic heterocycles. The Labute approximate surface area is 108 Å². The van der Waals surface area contributed by atoms with Gasteiger partial charge in [0.25, 0.3) is 0 Å². The first kappa shape index (κ1) is 13.2. The normalized spacial score (nSPS) is 48.7. The lowest BCUT2D eigenvalue weighted by Gasteiger charge is -2.67. The number of hydrogen-bond acceptors (Lipinski definition) is 3. The Morgan fingerprint density at radius 2 is 1.63 bits per heavy atom. The second-order valence-electron chi connectivity index (χ2n) is 6.71. The topological polar surface area (TPSA) is 60.8 Å². The van der Waals surface area contributed by atoms with Crippen molar-refractivity contribution in [2.24, 2.45) is 0 Å². The second kappa shape index (κ2) is 3.25. The Morgan fingerprint density at radius 1 is 1.16 bits per heavy atom. The molecule has 0 spiro atoms. The molecule has 2 unspecified atom stereocenters. The second-order valence-corrected chi connectivity index (χ2v) is 6.71. The van der Waals surface area contributed by atoms with Gasteiger partial charge in [-0.15, -0.1) is 0 Å². The van der Waals surface area contributed by atoms with Gasteiger partial charge in [0.1, 0.15) is 0 Å². The molecule has 2 aliphatic heterocycles. The third kappa shape index (κ3) is 1.78. The van der Waals surface area contributed by atoms with Crippen LogP contribution in [0.1, 0.15) is 39.0 Å². The van der Waals surface area contributed by atoms with E-state index in [0.29, 0.717) is 0 Å². The van der Waals surface area contributed by atoms with Crippen LogP contribution in [0, 0.1) is 0 Å². The molecule has 1 amide bonds. The van der Waals surface area contributed by atoms with Gasteiger partial charge in [-0.25, -0.2) is 0 Å². The minimum absolute atomic E-state index is 0.0978. The molecule has 4 rings (SSSR count). The summed E-state index contributed by atoms with van der Waals surface area (Å²) >= 11 is 0. The van der Waals surface area contributed by atoms with E-state index in [0.717, 1.165) is 4.90 Å².